The molecule has 0 atom stereocenters. The molecule has 5 nitrogen and oxygen atoms in total. The molecule has 0 unspecified atom stereocenters. The Kier molecular flexibility index (Phi) is 6.11. The molecule has 1 aromatic heterocycles. The lowest BCUT2D eigenvalue weighted by atomic mass is 10.1. The lowest BCUT2D eigenvalue weighted by Gasteiger charge is -2.22. The first-order chi connectivity index (χ1) is 11.1. The fraction of sp³-hybridized carbons (Fsp3) is 0.235. The maximum atomic E-state index is 12.7. The average molecular weight is 333 g/mol. The molecule has 0 saturated heterocycles. The second-order valence-corrected chi connectivity index (χ2v) is 5.35. The number of amides is 1. The van der Waals surface area contributed by atoms with Gasteiger partial charge in [0.05, 0.1) is 13.5 Å². The van der Waals surface area contributed by atoms with Crippen LogP contribution in [0.25, 0.3) is 0 Å². The molecule has 0 aliphatic rings. The lowest BCUT2D eigenvalue weighted by molar-refractivity contribution is -0.140. The molecule has 120 valence electrons. The van der Waals surface area contributed by atoms with Crippen LogP contribution in [0, 0.1) is 0 Å². The number of carbonyl (C=O) groups is 2. The zero-order valence-electron chi connectivity index (χ0n) is 12.7. The summed E-state index contributed by atoms with van der Waals surface area (Å²) in [6.45, 7) is 0.664. The van der Waals surface area contributed by atoms with Crippen LogP contribution in [0.15, 0.2) is 48.8 Å². The van der Waals surface area contributed by atoms with Crippen molar-refractivity contribution in [2.24, 2.45) is 0 Å². The molecule has 0 aliphatic carbocycles. The summed E-state index contributed by atoms with van der Waals surface area (Å²) in [5.41, 5.74) is 1.46. The third-order valence-corrected chi connectivity index (χ3v) is 3.57. The van der Waals surface area contributed by atoms with Gasteiger partial charge in [-0.2, -0.15) is 0 Å². The highest BCUT2D eigenvalue weighted by Crippen LogP contribution is 2.14. The lowest BCUT2D eigenvalue weighted by Crippen LogP contribution is -2.32. The van der Waals surface area contributed by atoms with Gasteiger partial charge >= 0.3 is 5.97 Å². The molecule has 6 heteroatoms. The van der Waals surface area contributed by atoms with Crippen LogP contribution in [0.4, 0.5) is 0 Å². The Morgan fingerprint density at radius 2 is 1.78 bits per heavy atom. The van der Waals surface area contributed by atoms with Crippen molar-refractivity contribution in [3.8, 4) is 0 Å². The van der Waals surface area contributed by atoms with E-state index in [1.807, 2.05) is 12.1 Å². The van der Waals surface area contributed by atoms with Crippen LogP contribution >= 0.6 is 11.6 Å². The molecule has 2 rings (SSSR count). The van der Waals surface area contributed by atoms with E-state index in [0.717, 1.165) is 5.56 Å². The Hall–Kier alpha value is -2.40. The zero-order chi connectivity index (χ0) is 16.7. The number of benzene rings is 1. The maximum Gasteiger partial charge on any atom is 0.307 e. The van der Waals surface area contributed by atoms with Gasteiger partial charge in [-0.15, -0.1) is 0 Å². The van der Waals surface area contributed by atoms with Crippen molar-refractivity contribution in [1.82, 2.24) is 9.88 Å². The maximum absolute atomic E-state index is 12.7. The second kappa shape index (κ2) is 8.29. The Balaban J connectivity index is 2.15. The number of methoxy groups -OCH3 is 1. The van der Waals surface area contributed by atoms with Crippen LogP contribution in [-0.4, -0.2) is 35.4 Å². The number of nitrogens with zero attached hydrogens (tertiary/aromatic N) is 2. The molecule has 1 amide bonds. The summed E-state index contributed by atoms with van der Waals surface area (Å²) in [4.78, 5) is 29.6. The molecule has 0 fully saturated rings. The Morgan fingerprint density at radius 3 is 2.39 bits per heavy atom. The smallest absolute Gasteiger partial charge is 0.307 e. The molecule has 1 heterocycles. The summed E-state index contributed by atoms with van der Waals surface area (Å²) in [5.74, 6) is -0.518. The van der Waals surface area contributed by atoms with E-state index in [1.54, 1.807) is 41.6 Å². The molecule has 0 N–H and O–H groups in total. The van der Waals surface area contributed by atoms with Gasteiger partial charge in [-0.05, 0) is 42.0 Å². The number of hydrogen-bond donors (Lipinski definition) is 0. The zero-order valence-corrected chi connectivity index (χ0v) is 13.5. The minimum absolute atomic E-state index is 0.140. The molecule has 0 saturated carbocycles. The van der Waals surface area contributed by atoms with Gasteiger partial charge in [0.1, 0.15) is 0 Å². The molecule has 2 aromatic rings. The highest BCUT2D eigenvalue weighted by atomic mass is 35.5. The van der Waals surface area contributed by atoms with Gasteiger partial charge in [0.15, 0.2) is 0 Å². The third kappa shape index (κ3) is 5.07. The first kappa shape index (κ1) is 17.0. The molecule has 0 radical (unpaired) electrons. The quantitative estimate of drug-likeness (QED) is 0.763. The monoisotopic (exact) mass is 332 g/mol. The summed E-state index contributed by atoms with van der Waals surface area (Å²) in [6.07, 6.45) is 3.47. The van der Waals surface area contributed by atoms with Gasteiger partial charge in [0.2, 0.25) is 0 Å². The van der Waals surface area contributed by atoms with Gasteiger partial charge < -0.3 is 9.64 Å². The van der Waals surface area contributed by atoms with Crippen LogP contribution in [0.5, 0.6) is 0 Å². The summed E-state index contributed by atoms with van der Waals surface area (Å²) in [6, 6.07) is 10.3. The Labute approximate surface area is 139 Å². The molecule has 0 aliphatic heterocycles. The third-order valence-electron chi connectivity index (χ3n) is 3.31. The van der Waals surface area contributed by atoms with E-state index < -0.39 is 0 Å². The van der Waals surface area contributed by atoms with Crippen LogP contribution in [-0.2, 0) is 16.1 Å². The Bertz CT molecular complexity index is 659. The van der Waals surface area contributed by atoms with Crippen molar-refractivity contribution in [3.63, 3.8) is 0 Å². The van der Waals surface area contributed by atoms with Crippen molar-refractivity contribution in [2.75, 3.05) is 13.7 Å². The predicted molar refractivity (Wildman–Crippen MR) is 87.1 cm³/mol. The molecular weight excluding hydrogens is 316 g/mol. The number of pyridine rings is 1. The topological polar surface area (TPSA) is 59.5 Å². The molecule has 23 heavy (non-hydrogen) atoms. The average Bonchev–Trinajstić information content (AvgIpc) is 2.59. The number of esters is 1. The van der Waals surface area contributed by atoms with Crippen LogP contribution in [0.3, 0.4) is 0 Å². The van der Waals surface area contributed by atoms with Crippen molar-refractivity contribution in [1.29, 1.82) is 0 Å². The minimum atomic E-state index is -0.353. The summed E-state index contributed by atoms with van der Waals surface area (Å²) in [5, 5.41) is 0.566. The normalized spacial score (nSPS) is 10.2. The number of hydrogen-bond acceptors (Lipinski definition) is 4. The number of carbonyl (C=O) groups excluding carboxylic acids is 2. The highest BCUT2D eigenvalue weighted by molar-refractivity contribution is 6.30. The molecule has 1 aromatic carbocycles. The second-order valence-electron chi connectivity index (χ2n) is 4.92. The summed E-state index contributed by atoms with van der Waals surface area (Å²) >= 11 is 5.85. The molecule has 0 spiro atoms. The van der Waals surface area contributed by atoms with Gasteiger partial charge in [-0.3, -0.25) is 14.6 Å². The van der Waals surface area contributed by atoms with Crippen molar-refractivity contribution < 1.29 is 14.3 Å². The fourth-order valence-electron chi connectivity index (χ4n) is 2.06. The number of ether oxygens (including phenoxy) is 1. The highest BCUT2D eigenvalue weighted by Gasteiger charge is 2.17. The Morgan fingerprint density at radius 1 is 1.13 bits per heavy atom. The minimum Gasteiger partial charge on any atom is -0.469 e. The van der Waals surface area contributed by atoms with Gasteiger partial charge in [0, 0.05) is 36.1 Å². The standard InChI is InChI=1S/C17H17ClN2O3/c1-23-16(21)8-11-20(12-13-6-9-19-10-7-13)17(22)14-2-4-15(18)5-3-14/h2-7,9-10H,8,11-12H2,1H3. The summed E-state index contributed by atoms with van der Waals surface area (Å²) < 4.78 is 4.65. The number of aromatic nitrogens is 1. The van der Waals surface area contributed by atoms with E-state index in [9.17, 15) is 9.59 Å². The van der Waals surface area contributed by atoms with Gasteiger partial charge in [0.25, 0.3) is 5.91 Å². The van der Waals surface area contributed by atoms with Crippen molar-refractivity contribution in [3.05, 3.63) is 64.9 Å². The summed E-state index contributed by atoms with van der Waals surface area (Å²) in [7, 11) is 1.33. The van der Waals surface area contributed by atoms with E-state index in [-0.39, 0.29) is 24.8 Å². The first-order valence-corrected chi connectivity index (χ1v) is 7.48. The molecular formula is C17H17ClN2O3. The van der Waals surface area contributed by atoms with Crippen LogP contribution in [0.1, 0.15) is 22.3 Å². The van der Waals surface area contributed by atoms with E-state index in [4.69, 9.17) is 11.6 Å². The number of halogens is 1. The van der Waals surface area contributed by atoms with Crippen LogP contribution < -0.4 is 0 Å². The number of rotatable bonds is 6. The fourth-order valence-corrected chi connectivity index (χ4v) is 2.19. The van der Waals surface area contributed by atoms with Crippen molar-refractivity contribution >= 4 is 23.5 Å². The van der Waals surface area contributed by atoms with E-state index in [2.05, 4.69) is 9.72 Å². The van der Waals surface area contributed by atoms with E-state index in [0.29, 0.717) is 17.1 Å². The van der Waals surface area contributed by atoms with E-state index >= 15 is 0 Å². The van der Waals surface area contributed by atoms with Crippen molar-refractivity contribution in [2.45, 2.75) is 13.0 Å². The van der Waals surface area contributed by atoms with Gasteiger partial charge in [-0.25, -0.2) is 0 Å². The largest absolute Gasteiger partial charge is 0.469 e. The van der Waals surface area contributed by atoms with E-state index in [1.165, 1.54) is 7.11 Å². The first-order valence-electron chi connectivity index (χ1n) is 7.10. The molecule has 0 bridgehead atoms. The SMILES string of the molecule is COC(=O)CCN(Cc1ccncc1)C(=O)c1ccc(Cl)cc1. The van der Waals surface area contributed by atoms with Crippen LogP contribution in [0.2, 0.25) is 5.02 Å². The van der Waals surface area contributed by atoms with Gasteiger partial charge in [-0.1, -0.05) is 11.6 Å². The predicted octanol–water partition coefficient (Wildman–Crippen LogP) is 2.94.